The van der Waals surface area contributed by atoms with Gasteiger partial charge in [-0.2, -0.15) is 26.3 Å². The molecule has 1 unspecified atom stereocenters. The van der Waals surface area contributed by atoms with Crippen LogP contribution in [0.3, 0.4) is 0 Å². The van der Waals surface area contributed by atoms with Gasteiger partial charge >= 0.3 is 18.7 Å². The first-order valence-corrected chi connectivity index (χ1v) is 12.4. The van der Waals surface area contributed by atoms with Gasteiger partial charge in [0, 0.05) is 17.5 Å². The largest absolute Gasteiger partial charge is 0.573 e. The van der Waals surface area contributed by atoms with E-state index in [1.165, 1.54) is 30.3 Å². The van der Waals surface area contributed by atoms with Crippen molar-refractivity contribution >= 4 is 5.91 Å². The van der Waals surface area contributed by atoms with Crippen LogP contribution in [0.15, 0.2) is 91.0 Å². The van der Waals surface area contributed by atoms with Crippen LogP contribution < -0.4 is 10.1 Å². The zero-order chi connectivity index (χ0) is 32.5. The van der Waals surface area contributed by atoms with E-state index in [1.54, 1.807) is 0 Å². The fourth-order valence-corrected chi connectivity index (χ4v) is 4.62. The van der Waals surface area contributed by atoms with Gasteiger partial charge in [-0.3, -0.25) is 4.79 Å². The summed E-state index contributed by atoms with van der Waals surface area (Å²) in [5, 5.41) is 2.25. The maximum Gasteiger partial charge on any atom is 0.573 e. The maximum atomic E-state index is 14.8. The van der Waals surface area contributed by atoms with Gasteiger partial charge < -0.3 is 10.1 Å². The Kier molecular flexibility index (Phi) is 8.67. The predicted octanol–water partition coefficient (Wildman–Crippen LogP) is 8.82. The number of carbonyl (C=O) groups is 1. The topological polar surface area (TPSA) is 38.3 Å². The molecule has 1 N–H and O–H groups in total. The van der Waals surface area contributed by atoms with Crippen LogP contribution in [0.5, 0.6) is 5.75 Å². The van der Waals surface area contributed by atoms with Crippen molar-refractivity contribution in [1.29, 1.82) is 0 Å². The molecule has 4 aromatic rings. The summed E-state index contributed by atoms with van der Waals surface area (Å²) in [6.45, 7) is 0. The van der Waals surface area contributed by atoms with Crippen LogP contribution in [0.4, 0.5) is 48.3 Å². The highest BCUT2D eigenvalue weighted by atomic mass is 19.4. The number of amides is 1. The average Bonchev–Trinajstić information content (AvgIpc) is 2.91. The number of carbonyl (C=O) groups excluding carboxylic acids is 1. The highest BCUT2D eigenvalue weighted by molar-refractivity contribution is 5.95. The van der Waals surface area contributed by atoms with Gasteiger partial charge in [0.15, 0.2) is 0 Å². The fourth-order valence-electron chi connectivity index (χ4n) is 4.62. The molecule has 0 aliphatic heterocycles. The van der Waals surface area contributed by atoms with E-state index in [2.05, 4.69) is 10.1 Å². The number of halogens is 11. The first-order chi connectivity index (χ1) is 20.4. The van der Waals surface area contributed by atoms with E-state index < -0.39 is 81.8 Å². The first-order valence-electron chi connectivity index (χ1n) is 12.4. The second-order valence-electron chi connectivity index (χ2n) is 9.48. The second-order valence-corrected chi connectivity index (χ2v) is 9.48. The smallest absolute Gasteiger partial charge is 0.405 e. The van der Waals surface area contributed by atoms with Crippen molar-refractivity contribution in [3.63, 3.8) is 0 Å². The van der Waals surface area contributed by atoms with Crippen LogP contribution in [0.25, 0.3) is 0 Å². The van der Waals surface area contributed by atoms with Gasteiger partial charge in [0.25, 0.3) is 5.91 Å². The van der Waals surface area contributed by atoms with Crippen molar-refractivity contribution in [3.8, 4) is 5.75 Å². The Morgan fingerprint density at radius 1 is 0.659 bits per heavy atom. The second kappa shape index (κ2) is 11.8. The van der Waals surface area contributed by atoms with E-state index in [4.69, 9.17) is 0 Å². The molecular formula is C30H18F11NO2. The number of hydrogen-bond donors (Lipinski definition) is 1. The molecule has 0 saturated heterocycles. The summed E-state index contributed by atoms with van der Waals surface area (Å²) in [6, 6.07) is 13.4. The summed E-state index contributed by atoms with van der Waals surface area (Å²) in [5.74, 6) is -5.71. The van der Waals surface area contributed by atoms with E-state index in [9.17, 15) is 53.1 Å². The molecule has 1 amide bonds. The van der Waals surface area contributed by atoms with E-state index in [1.807, 2.05) is 0 Å². The molecule has 3 nitrogen and oxygen atoms in total. The van der Waals surface area contributed by atoms with Gasteiger partial charge in [-0.05, 0) is 53.6 Å². The fraction of sp³-hybridized carbons (Fsp3) is 0.167. The first kappa shape index (κ1) is 32.3. The van der Waals surface area contributed by atoms with Crippen LogP contribution in [0.2, 0.25) is 0 Å². The number of benzene rings is 4. The lowest BCUT2D eigenvalue weighted by molar-refractivity contribution is -0.275. The van der Waals surface area contributed by atoms with E-state index in [-0.39, 0.29) is 17.7 Å². The standard InChI is InChI=1S/C30H18F11NO2/c31-21-14-19(13-20(15-21)28(33,34)35)27(16-17-6-2-1-3-7-17,22-8-4-5-9-25(22)44-30(39,40)41)42-26(43)18-10-11-24(32)23(12-18)29(36,37)38/h1-15H,16H2,(H,42,43). The molecule has 0 aromatic heterocycles. The lowest BCUT2D eigenvalue weighted by Gasteiger charge is -2.38. The van der Waals surface area contributed by atoms with Crippen molar-refractivity contribution < 1.29 is 57.8 Å². The molecule has 0 spiro atoms. The molecule has 14 heteroatoms. The third-order valence-electron chi connectivity index (χ3n) is 6.46. The Hall–Kier alpha value is -4.62. The molecule has 1 atom stereocenters. The van der Waals surface area contributed by atoms with Gasteiger partial charge in [-0.25, -0.2) is 8.78 Å². The van der Waals surface area contributed by atoms with Gasteiger partial charge in [-0.15, -0.1) is 13.2 Å². The average molecular weight is 633 g/mol. The Labute approximate surface area is 241 Å². The van der Waals surface area contributed by atoms with Crippen LogP contribution in [-0.2, 0) is 24.3 Å². The Morgan fingerprint density at radius 2 is 1.27 bits per heavy atom. The summed E-state index contributed by atoms with van der Waals surface area (Å²) in [5.41, 5.74) is -7.97. The van der Waals surface area contributed by atoms with Crippen LogP contribution in [0.1, 0.15) is 38.2 Å². The van der Waals surface area contributed by atoms with Crippen molar-refractivity contribution in [1.82, 2.24) is 5.32 Å². The zero-order valence-electron chi connectivity index (χ0n) is 21.8. The Bertz CT molecular complexity index is 1650. The summed E-state index contributed by atoms with van der Waals surface area (Å²) >= 11 is 0. The molecule has 0 aliphatic rings. The monoisotopic (exact) mass is 633 g/mol. The minimum atomic E-state index is -5.35. The highest BCUT2D eigenvalue weighted by Gasteiger charge is 2.44. The predicted molar refractivity (Wildman–Crippen MR) is 134 cm³/mol. The van der Waals surface area contributed by atoms with E-state index in [0.717, 1.165) is 24.3 Å². The van der Waals surface area contributed by atoms with Gasteiger partial charge in [0.05, 0.1) is 16.7 Å². The molecule has 232 valence electrons. The molecule has 0 saturated carbocycles. The maximum absolute atomic E-state index is 14.8. The van der Waals surface area contributed by atoms with Crippen molar-refractivity contribution in [2.45, 2.75) is 30.7 Å². The SMILES string of the molecule is O=C(NC(Cc1ccccc1)(c1cc(F)cc(C(F)(F)F)c1)c1ccccc1OC(F)(F)F)c1ccc(F)c(C(F)(F)F)c1. The number of rotatable bonds is 7. The van der Waals surface area contributed by atoms with Gasteiger partial charge in [0.1, 0.15) is 17.4 Å². The molecule has 0 bridgehead atoms. The summed E-state index contributed by atoms with van der Waals surface area (Å²) in [4.78, 5) is 13.6. The van der Waals surface area contributed by atoms with Crippen LogP contribution in [0, 0.1) is 11.6 Å². The van der Waals surface area contributed by atoms with Gasteiger partial charge in [-0.1, -0.05) is 48.5 Å². The van der Waals surface area contributed by atoms with E-state index in [0.29, 0.717) is 24.3 Å². The molecule has 0 heterocycles. The normalized spacial score (nSPS) is 13.7. The molecule has 4 aromatic carbocycles. The van der Waals surface area contributed by atoms with E-state index >= 15 is 0 Å². The Balaban J connectivity index is 2.06. The molecule has 4 rings (SSSR count). The van der Waals surface area contributed by atoms with Crippen molar-refractivity contribution in [3.05, 3.63) is 136 Å². The Morgan fingerprint density at radius 3 is 1.89 bits per heavy atom. The molecule has 0 radical (unpaired) electrons. The summed E-state index contributed by atoms with van der Waals surface area (Å²) in [7, 11) is 0. The summed E-state index contributed by atoms with van der Waals surface area (Å²) < 4.78 is 155. The quantitative estimate of drug-likeness (QED) is 0.207. The minimum Gasteiger partial charge on any atom is -0.405 e. The van der Waals surface area contributed by atoms with Gasteiger partial charge in [0.2, 0.25) is 0 Å². The molecule has 0 aliphatic carbocycles. The number of ether oxygens (including phenoxy) is 1. The van der Waals surface area contributed by atoms with Crippen molar-refractivity contribution in [2.24, 2.45) is 0 Å². The third-order valence-corrected chi connectivity index (χ3v) is 6.46. The van der Waals surface area contributed by atoms with Crippen LogP contribution >= 0.6 is 0 Å². The molecular weight excluding hydrogens is 615 g/mol. The minimum absolute atomic E-state index is 0.117. The molecule has 44 heavy (non-hydrogen) atoms. The number of nitrogens with one attached hydrogen (secondary N) is 1. The lowest BCUT2D eigenvalue weighted by atomic mass is 9.76. The van der Waals surface area contributed by atoms with Crippen LogP contribution in [-0.4, -0.2) is 12.3 Å². The number of hydrogen-bond acceptors (Lipinski definition) is 2. The summed E-state index contributed by atoms with van der Waals surface area (Å²) in [6.07, 6.45) is -16.4. The lowest BCUT2D eigenvalue weighted by Crippen LogP contribution is -2.49. The highest BCUT2D eigenvalue weighted by Crippen LogP contribution is 2.43. The third kappa shape index (κ3) is 7.29. The molecule has 0 fully saturated rings. The number of para-hydroxylation sites is 1. The zero-order valence-corrected chi connectivity index (χ0v) is 21.8. The number of alkyl halides is 9. The van der Waals surface area contributed by atoms with Crippen molar-refractivity contribution in [2.75, 3.05) is 0 Å².